The summed E-state index contributed by atoms with van der Waals surface area (Å²) in [5, 5.41) is 9.10. The zero-order chi connectivity index (χ0) is 13.8. The van der Waals surface area contributed by atoms with E-state index in [2.05, 4.69) is 0 Å². The third-order valence-corrected chi connectivity index (χ3v) is 2.96. The van der Waals surface area contributed by atoms with Crippen molar-refractivity contribution in [1.82, 2.24) is 0 Å². The lowest BCUT2D eigenvalue weighted by atomic mass is 9.91. The van der Waals surface area contributed by atoms with Crippen molar-refractivity contribution in [2.24, 2.45) is 5.41 Å². The van der Waals surface area contributed by atoms with Crippen LogP contribution in [-0.4, -0.2) is 23.5 Å². The van der Waals surface area contributed by atoms with Gasteiger partial charge in [0.2, 0.25) is 0 Å². The Morgan fingerprint density at radius 1 is 1.22 bits per heavy atom. The molecule has 1 aromatic carbocycles. The summed E-state index contributed by atoms with van der Waals surface area (Å²) in [5.74, 6) is -0.567. The molecule has 0 aliphatic carbocycles. The fourth-order valence-corrected chi connectivity index (χ4v) is 1.20. The van der Waals surface area contributed by atoms with Gasteiger partial charge in [-0.05, 0) is 44.5 Å². The number of phenolic OH excluding ortho intramolecular Hbond substituents is 1. The quantitative estimate of drug-likeness (QED) is 0.644. The van der Waals surface area contributed by atoms with E-state index >= 15 is 0 Å². The molecule has 1 rings (SSSR count). The number of hydrogen-bond acceptors (Lipinski definition) is 4. The van der Waals surface area contributed by atoms with E-state index in [4.69, 9.17) is 9.84 Å². The summed E-state index contributed by atoms with van der Waals surface area (Å²) in [5.41, 5.74) is -0.162. The Hall–Kier alpha value is -1.84. The Bertz CT molecular complexity index is 432. The number of hydrogen-bond donors (Lipinski definition) is 1. The van der Waals surface area contributed by atoms with Gasteiger partial charge < -0.3 is 9.84 Å². The first kappa shape index (κ1) is 14.2. The number of ketones is 1. The second kappa shape index (κ2) is 5.67. The van der Waals surface area contributed by atoms with Crippen LogP contribution in [0.4, 0.5) is 0 Å². The molecule has 0 fully saturated rings. The lowest BCUT2D eigenvalue weighted by molar-refractivity contribution is -0.152. The third-order valence-electron chi connectivity index (χ3n) is 2.96. The van der Waals surface area contributed by atoms with E-state index < -0.39 is 5.41 Å². The molecule has 18 heavy (non-hydrogen) atoms. The topological polar surface area (TPSA) is 63.6 Å². The van der Waals surface area contributed by atoms with Gasteiger partial charge in [0.1, 0.15) is 5.75 Å². The van der Waals surface area contributed by atoms with Gasteiger partial charge in [-0.1, -0.05) is 6.92 Å². The first-order valence-electron chi connectivity index (χ1n) is 5.86. The number of ether oxygens (including phenoxy) is 1. The summed E-state index contributed by atoms with van der Waals surface area (Å²) >= 11 is 0. The van der Waals surface area contributed by atoms with Gasteiger partial charge in [0.15, 0.2) is 12.4 Å². The Kier molecular flexibility index (Phi) is 4.48. The molecular weight excluding hydrogens is 232 g/mol. The Morgan fingerprint density at radius 2 is 1.78 bits per heavy atom. The molecular formula is C14H18O4. The van der Waals surface area contributed by atoms with Crippen molar-refractivity contribution in [3.63, 3.8) is 0 Å². The average molecular weight is 250 g/mol. The van der Waals surface area contributed by atoms with E-state index in [-0.39, 0.29) is 24.1 Å². The van der Waals surface area contributed by atoms with Crippen LogP contribution < -0.4 is 0 Å². The van der Waals surface area contributed by atoms with E-state index in [1.807, 2.05) is 6.92 Å². The molecule has 4 heteroatoms. The van der Waals surface area contributed by atoms with Crippen molar-refractivity contribution in [2.75, 3.05) is 6.61 Å². The van der Waals surface area contributed by atoms with Crippen LogP contribution in [0.5, 0.6) is 5.75 Å². The second-order valence-corrected chi connectivity index (χ2v) is 4.78. The molecule has 0 heterocycles. The zero-order valence-corrected chi connectivity index (χ0v) is 10.9. The van der Waals surface area contributed by atoms with Gasteiger partial charge in [0.05, 0.1) is 5.41 Å². The largest absolute Gasteiger partial charge is 0.508 e. The minimum Gasteiger partial charge on any atom is -0.508 e. The van der Waals surface area contributed by atoms with Gasteiger partial charge in [0.25, 0.3) is 0 Å². The highest BCUT2D eigenvalue weighted by molar-refractivity contribution is 5.98. The monoisotopic (exact) mass is 250 g/mol. The molecule has 0 spiro atoms. The number of phenols is 1. The molecule has 0 amide bonds. The molecule has 1 aromatic rings. The van der Waals surface area contributed by atoms with Crippen LogP contribution in [0.2, 0.25) is 0 Å². The number of carbonyl (C=O) groups excluding carboxylic acids is 2. The van der Waals surface area contributed by atoms with Crippen molar-refractivity contribution < 1.29 is 19.4 Å². The van der Waals surface area contributed by atoms with Crippen LogP contribution in [-0.2, 0) is 9.53 Å². The smallest absolute Gasteiger partial charge is 0.311 e. The first-order chi connectivity index (χ1) is 8.36. The molecule has 0 saturated carbocycles. The number of Topliss-reactive ketones (excluding diaryl/α,β-unsaturated/α-hetero) is 1. The summed E-state index contributed by atoms with van der Waals surface area (Å²) in [6.07, 6.45) is 0.652. The standard InChI is InChI=1S/C14H18O4/c1-4-14(2,3)13(17)18-9-12(16)10-5-7-11(15)8-6-10/h5-8,15H,4,9H2,1-3H3. The zero-order valence-electron chi connectivity index (χ0n) is 10.9. The van der Waals surface area contributed by atoms with E-state index in [0.717, 1.165) is 0 Å². The highest BCUT2D eigenvalue weighted by atomic mass is 16.5. The van der Waals surface area contributed by atoms with Gasteiger partial charge in [-0.25, -0.2) is 0 Å². The van der Waals surface area contributed by atoms with Gasteiger partial charge >= 0.3 is 5.97 Å². The molecule has 1 N–H and O–H groups in total. The second-order valence-electron chi connectivity index (χ2n) is 4.78. The van der Waals surface area contributed by atoms with Crippen molar-refractivity contribution >= 4 is 11.8 Å². The van der Waals surface area contributed by atoms with E-state index in [0.29, 0.717) is 12.0 Å². The van der Waals surface area contributed by atoms with Crippen LogP contribution in [0.1, 0.15) is 37.6 Å². The lowest BCUT2D eigenvalue weighted by Crippen LogP contribution is -2.27. The minimum atomic E-state index is -0.574. The third kappa shape index (κ3) is 3.58. The number of benzene rings is 1. The summed E-state index contributed by atoms with van der Waals surface area (Å²) in [4.78, 5) is 23.4. The molecule has 0 radical (unpaired) electrons. The van der Waals surface area contributed by atoms with Crippen molar-refractivity contribution in [3.05, 3.63) is 29.8 Å². The predicted octanol–water partition coefficient (Wildman–Crippen LogP) is 2.55. The molecule has 0 aliphatic heterocycles. The van der Waals surface area contributed by atoms with Gasteiger partial charge in [-0.2, -0.15) is 0 Å². The Morgan fingerprint density at radius 3 is 2.28 bits per heavy atom. The number of aromatic hydroxyl groups is 1. The van der Waals surface area contributed by atoms with Crippen LogP contribution in [0, 0.1) is 5.41 Å². The van der Waals surface area contributed by atoms with E-state index in [1.165, 1.54) is 24.3 Å². The highest BCUT2D eigenvalue weighted by Gasteiger charge is 2.27. The highest BCUT2D eigenvalue weighted by Crippen LogP contribution is 2.21. The lowest BCUT2D eigenvalue weighted by Gasteiger charge is -2.19. The van der Waals surface area contributed by atoms with E-state index in [9.17, 15) is 9.59 Å². The van der Waals surface area contributed by atoms with Gasteiger partial charge in [0, 0.05) is 5.56 Å². The molecule has 0 atom stereocenters. The normalized spacial score (nSPS) is 11.1. The summed E-state index contributed by atoms with van der Waals surface area (Å²) in [6, 6.07) is 5.84. The Labute approximate surface area is 107 Å². The molecule has 0 aliphatic rings. The molecule has 98 valence electrons. The van der Waals surface area contributed by atoms with Crippen molar-refractivity contribution in [1.29, 1.82) is 0 Å². The first-order valence-corrected chi connectivity index (χ1v) is 5.86. The van der Waals surface area contributed by atoms with Gasteiger partial charge in [-0.3, -0.25) is 9.59 Å². The maximum absolute atomic E-state index is 11.7. The fraction of sp³-hybridized carbons (Fsp3) is 0.429. The molecule has 0 aromatic heterocycles. The molecule has 4 nitrogen and oxygen atoms in total. The number of rotatable bonds is 5. The molecule has 0 unspecified atom stereocenters. The van der Waals surface area contributed by atoms with Crippen LogP contribution in [0.3, 0.4) is 0 Å². The minimum absolute atomic E-state index is 0.0932. The average Bonchev–Trinajstić information content (AvgIpc) is 2.36. The van der Waals surface area contributed by atoms with Crippen molar-refractivity contribution in [2.45, 2.75) is 27.2 Å². The number of esters is 1. The molecule has 0 saturated heterocycles. The van der Waals surface area contributed by atoms with Gasteiger partial charge in [-0.15, -0.1) is 0 Å². The fourth-order valence-electron chi connectivity index (χ4n) is 1.20. The summed E-state index contributed by atoms with van der Waals surface area (Å²) < 4.78 is 4.99. The van der Waals surface area contributed by atoms with Crippen LogP contribution in [0.15, 0.2) is 24.3 Å². The van der Waals surface area contributed by atoms with Crippen LogP contribution in [0.25, 0.3) is 0 Å². The summed E-state index contributed by atoms with van der Waals surface area (Å²) in [6.45, 7) is 5.18. The maximum Gasteiger partial charge on any atom is 0.311 e. The SMILES string of the molecule is CCC(C)(C)C(=O)OCC(=O)c1ccc(O)cc1. The number of carbonyl (C=O) groups is 2. The predicted molar refractivity (Wildman–Crippen MR) is 67.5 cm³/mol. The summed E-state index contributed by atoms with van der Waals surface area (Å²) in [7, 11) is 0. The molecule has 0 bridgehead atoms. The van der Waals surface area contributed by atoms with Crippen molar-refractivity contribution in [3.8, 4) is 5.75 Å². The Balaban J connectivity index is 2.57. The van der Waals surface area contributed by atoms with E-state index in [1.54, 1.807) is 13.8 Å². The van der Waals surface area contributed by atoms with Crippen LogP contribution >= 0.6 is 0 Å². The maximum atomic E-state index is 11.7.